The molecule has 126 valence electrons. The third-order valence-electron chi connectivity index (χ3n) is 4.47. The van der Waals surface area contributed by atoms with Gasteiger partial charge in [0.1, 0.15) is 33.9 Å². The molecule has 6 heteroatoms. The van der Waals surface area contributed by atoms with Crippen LogP contribution in [0.15, 0.2) is 24.3 Å². The monoisotopic (exact) mass is 350 g/mol. The molecule has 1 saturated carbocycles. The number of ether oxygens (including phenoxy) is 1. The number of nitriles is 2. The van der Waals surface area contributed by atoms with Crippen LogP contribution >= 0.6 is 12.2 Å². The predicted octanol–water partition coefficient (Wildman–Crippen LogP) is 4.45. The van der Waals surface area contributed by atoms with Crippen LogP contribution < -0.4 is 10.5 Å². The number of hydrogen-bond donors (Lipinski definition) is 2. The molecule has 1 heterocycles. The first-order valence-electron chi connectivity index (χ1n) is 8.27. The summed E-state index contributed by atoms with van der Waals surface area (Å²) in [4.78, 5) is 2.71. The maximum absolute atomic E-state index is 9.43. The molecule has 0 amide bonds. The van der Waals surface area contributed by atoms with Gasteiger partial charge in [-0.05, 0) is 43.4 Å². The normalized spacial score (nSPS) is 14.5. The van der Waals surface area contributed by atoms with Gasteiger partial charge in [0, 0.05) is 5.56 Å². The van der Waals surface area contributed by atoms with Crippen LogP contribution in [-0.2, 0) is 0 Å². The third-order valence-corrected chi connectivity index (χ3v) is 4.77. The molecular formula is C19H18N4OS. The Kier molecular flexibility index (Phi) is 5.02. The molecule has 1 aliphatic carbocycles. The van der Waals surface area contributed by atoms with Gasteiger partial charge in [0.25, 0.3) is 0 Å². The van der Waals surface area contributed by atoms with Gasteiger partial charge >= 0.3 is 0 Å². The van der Waals surface area contributed by atoms with Crippen molar-refractivity contribution in [1.82, 2.24) is 4.98 Å². The molecule has 1 aliphatic rings. The van der Waals surface area contributed by atoms with E-state index in [2.05, 4.69) is 17.1 Å². The van der Waals surface area contributed by atoms with E-state index in [-0.39, 0.29) is 27.7 Å². The summed E-state index contributed by atoms with van der Waals surface area (Å²) in [5, 5.41) is 18.9. The third kappa shape index (κ3) is 3.50. The maximum atomic E-state index is 9.43. The number of pyridine rings is 1. The second-order valence-electron chi connectivity index (χ2n) is 6.12. The highest BCUT2D eigenvalue weighted by Crippen LogP contribution is 2.32. The SMILES string of the molecule is N#Cc1c(N)[nH]c(=S)c(C#N)c1-c1ccc(OC2CCCCC2)cc1. The van der Waals surface area contributed by atoms with E-state index in [1.165, 1.54) is 19.3 Å². The molecule has 0 unspecified atom stereocenters. The maximum Gasteiger partial charge on any atom is 0.123 e. The summed E-state index contributed by atoms with van der Waals surface area (Å²) in [6.07, 6.45) is 6.14. The Bertz CT molecular complexity index is 913. The topological polar surface area (TPSA) is 98.6 Å². The van der Waals surface area contributed by atoms with Crippen LogP contribution in [0.1, 0.15) is 43.2 Å². The van der Waals surface area contributed by atoms with Crippen LogP contribution in [0.3, 0.4) is 0 Å². The molecule has 0 radical (unpaired) electrons. The largest absolute Gasteiger partial charge is 0.490 e. The number of nitrogen functional groups attached to an aromatic ring is 1. The summed E-state index contributed by atoms with van der Waals surface area (Å²) in [5.74, 6) is 0.964. The highest BCUT2D eigenvalue weighted by molar-refractivity contribution is 7.71. The van der Waals surface area contributed by atoms with E-state index in [1.807, 2.05) is 24.3 Å². The number of rotatable bonds is 3. The first-order valence-corrected chi connectivity index (χ1v) is 8.68. The number of nitrogens with two attached hydrogens (primary N) is 1. The molecule has 0 aliphatic heterocycles. The van der Waals surface area contributed by atoms with Gasteiger partial charge in [0.2, 0.25) is 0 Å². The van der Waals surface area contributed by atoms with E-state index in [0.717, 1.165) is 24.2 Å². The highest BCUT2D eigenvalue weighted by Gasteiger charge is 2.18. The van der Waals surface area contributed by atoms with Gasteiger partial charge in [-0.15, -0.1) is 0 Å². The number of hydrogen-bond acceptors (Lipinski definition) is 5. The van der Waals surface area contributed by atoms with E-state index in [1.54, 1.807) is 0 Å². The fourth-order valence-corrected chi connectivity index (χ4v) is 3.47. The number of aromatic nitrogens is 1. The Morgan fingerprint density at radius 3 is 2.28 bits per heavy atom. The van der Waals surface area contributed by atoms with Crippen molar-refractivity contribution >= 4 is 18.0 Å². The van der Waals surface area contributed by atoms with Crippen LogP contribution in [-0.4, -0.2) is 11.1 Å². The first-order chi connectivity index (χ1) is 12.1. The van der Waals surface area contributed by atoms with E-state index in [0.29, 0.717) is 5.56 Å². The number of aromatic amines is 1. The first kappa shape index (κ1) is 17.0. The van der Waals surface area contributed by atoms with Crippen LogP contribution in [0.5, 0.6) is 5.75 Å². The highest BCUT2D eigenvalue weighted by atomic mass is 32.1. The molecular weight excluding hydrogens is 332 g/mol. The molecule has 1 aromatic carbocycles. The zero-order chi connectivity index (χ0) is 17.8. The molecule has 0 bridgehead atoms. The minimum absolute atomic E-state index is 0.170. The molecule has 0 saturated heterocycles. The Balaban J connectivity index is 1.96. The number of anilines is 1. The molecule has 25 heavy (non-hydrogen) atoms. The minimum Gasteiger partial charge on any atom is -0.490 e. The number of benzene rings is 1. The van der Waals surface area contributed by atoms with E-state index >= 15 is 0 Å². The summed E-state index contributed by atoms with van der Waals surface area (Å²) < 4.78 is 6.26. The molecule has 0 atom stereocenters. The number of H-pyrrole nitrogens is 1. The standard InChI is InChI=1S/C19H18N4OS/c20-10-15-17(16(11-21)19(25)23-18(15)22)12-6-8-14(9-7-12)24-13-4-2-1-3-5-13/h6-9,13H,1-5H2,(H3,22,23,25). The molecule has 5 nitrogen and oxygen atoms in total. The van der Waals surface area contributed by atoms with Gasteiger partial charge in [-0.1, -0.05) is 30.8 Å². The lowest BCUT2D eigenvalue weighted by atomic mass is 9.96. The Morgan fingerprint density at radius 1 is 1.04 bits per heavy atom. The Hall–Kier alpha value is -2.83. The fraction of sp³-hybridized carbons (Fsp3) is 0.316. The lowest BCUT2D eigenvalue weighted by Gasteiger charge is -2.23. The summed E-state index contributed by atoms with van der Waals surface area (Å²) in [6, 6.07) is 11.5. The molecule has 1 fully saturated rings. The molecule has 3 rings (SSSR count). The summed E-state index contributed by atoms with van der Waals surface area (Å²) in [7, 11) is 0. The second kappa shape index (κ2) is 7.38. The number of nitrogens with zero attached hydrogens (tertiary/aromatic N) is 2. The molecule has 2 aromatic rings. The lowest BCUT2D eigenvalue weighted by Crippen LogP contribution is -2.19. The van der Waals surface area contributed by atoms with Crippen molar-refractivity contribution in [2.24, 2.45) is 0 Å². The van der Waals surface area contributed by atoms with E-state index in [9.17, 15) is 10.5 Å². The molecule has 0 spiro atoms. The number of nitrogens with one attached hydrogen (secondary N) is 1. The van der Waals surface area contributed by atoms with Gasteiger partial charge in [0.15, 0.2) is 0 Å². The quantitative estimate of drug-likeness (QED) is 0.797. The van der Waals surface area contributed by atoms with Crippen LogP contribution in [0.4, 0.5) is 5.82 Å². The Morgan fingerprint density at radius 2 is 1.68 bits per heavy atom. The minimum atomic E-state index is 0.170. The average Bonchev–Trinajstić information content (AvgIpc) is 2.63. The smallest absolute Gasteiger partial charge is 0.123 e. The summed E-state index contributed by atoms with van der Waals surface area (Å²) in [5.41, 5.74) is 7.53. The molecule has 1 aromatic heterocycles. The van der Waals surface area contributed by atoms with Crippen LogP contribution in [0.2, 0.25) is 0 Å². The van der Waals surface area contributed by atoms with Gasteiger partial charge in [-0.3, -0.25) is 0 Å². The summed E-state index contributed by atoms with van der Waals surface area (Å²) >= 11 is 5.18. The van der Waals surface area contributed by atoms with E-state index < -0.39 is 0 Å². The summed E-state index contributed by atoms with van der Waals surface area (Å²) in [6.45, 7) is 0. The molecule has 3 N–H and O–H groups in total. The predicted molar refractivity (Wildman–Crippen MR) is 98.4 cm³/mol. The van der Waals surface area contributed by atoms with Crippen molar-refractivity contribution in [3.8, 4) is 29.0 Å². The van der Waals surface area contributed by atoms with Crippen molar-refractivity contribution in [1.29, 1.82) is 10.5 Å². The van der Waals surface area contributed by atoms with Crippen molar-refractivity contribution < 1.29 is 4.74 Å². The van der Waals surface area contributed by atoms with Crippen molar-refractivity contribution in [2.75, 3.05) is 5.73 Å². The fourth-order valence-electron chi connectivity index (χ4n) is 3.21. The van der Waals surface area contributed by atoms with E-state index in [4.69, 9.17) is 22.7 Å². The van der Waals surface area contributed by atoms with Gasteiger partial charge in [-0.25, -0.2) is 0 Å². The van der Waals surface area contributed by atoms with Crippen molar-refractivity contribution in [2.45, 2.75) is 38.2 Å². The van der Waals surface area contributed by atoms with Gasteiger partial charge < -0.3 is 15.5 Å². The van der Waals surface area contributed by atoms with Crippen molar-refractivity contribution in [3.05, 3.63) is 40.0 Å². The van der Waals surface area contributed by atoms with Gasteiger partial charge in [-0.2, -0.15) is 10.5 Å². The second-order valence-corrected chi connectivity index (χ2v) is 6.53. The van der Waals surface area contributed by atoms with Gasteiger partial charge in [0.05, 0.1) is 11.7 Å². The Labute approximate surface area is 151 Å². The average molecular weight is 350 g/mol. The zero-order valence-electron chi connectivity index (χ0n) is 13.7. The zero-order valence-corrected chi connectivity index (χ0v) is 14.5. The van der Waals surface area contributed by atoms with Crippen LogP contribution in [0.25, 0.3) is 11.1 Å². The lowest BCUT2D eigenvalue weighted by molar-refractivity contribution is 0.155. The van der Waals surface area contributed by atoms with Crippen molar-refractivity contribution in [3.63, 3.8) is 0 Å². The van der Waals surface area contributed by atoms with Crippen LogP contribution in [0, 0.1) is 27.3 Å².